The molecule has 7 heterocycles. The maximum atomic E-state index is 14.1. The number of carbonyl (C=O) groups excluding carboxylic acids is 2. The number of ether oxygens (including phenoxy) is 5. The molecule has 0 aromatic heterocycles. The average Bonchev–Trinajstić information content (AvgIpc) is 3.68. The molecule has 49 heavy (non-hydrogen) atoms. The van der Waals surface area contributed by atoms with Crippen LogP contribution in [0.4, 0.5) is 0 Å². The van der Waals surface area contributed by atoms with E-state index in [0.717, 1.165) is 16.7 Å². The summed E-state index contributed by atoms with van der Waals surface area (Å²) in [4.78, 5) is 31.2. The first-order chi connectivity index (χ1) is 23.2. The fourth-order valence-corrected chi connectivity index (χ4v) is 11.4. The Hall–Kier alpha value is -3.69. The number of likely N-dealkylation sites (N-methyl/N-ethyl adjacent to an activating group) is 1. The van der Waals surface area contributed by atoms with Crippen LogP contribution in [0.15, 0.2) is 18.3 Å². The lowest BCUT2D eigenvalue weighted by Crippen LogP contribution is -2.67. The van der Waals surface area contributed by atoms with Gasteiger partial charge in [0.2, 0.25) is 6.79 Å². The van der Waals surface area contributed by atoms with E-state index in [1.807, 2.05) is 20.8 Å². The van der Waals surface area contributed by atoms with Gasteiger partial charge >= 0.3 is 11.9 Å². The lowest BCUT2D eigenvalue weighted by atomic mass is 9.75. The van der Waals surface area contributed by atoms with Gasteiger partial charge in [-0.1, -0.05) is 13.5 Å². The molecule has 0 saturated carbocycles. The molecule has 2 aromatic rings. The summed E-state index contributed by atoms with van der Waals surface area (Å²) in [5, 5.41) is 27.6. The van der Waals surface area contributed by atoms with Crippen LogP contribution in [0.5, 0.6) is 28.7 Å². The molecule has 0 radical (unpaired) electrons. The summed E-state index contributed by atoms with van der Waals surface area (Å²) in [6, 6.07) is 0.331. The first-order valence-electron chi connectivity index (χ1n) is 16.6. The highest BCUT2D eigenvalue weighted by atomic mass is 32.2. The minimum Gasteiger partial charge on any atom is -0.504 e. The number of hydrogen-bond acceptors (Lipinski definition) is 14. The van der Waals surface area contributed by atoms with Gasteiger partial charge in [0.15, 0.2) is 28.5 Å². The fourth-order valence-electron chi connectivity index (χ4n) is 9.70. The van der Waals surface area contributed by atoms with Crippen LogP contribution in [0.3, 0.4) is 0 Å². The maximum absolute atomic E-state index is 14.1. The van der Waals surface area contributed by atoms with Crippen LogP contribution in [-0.2, 0) is 19.9 Å². The van der Waals surface area contributed by atoms with E-state index in [-0.39, 0.29) is 37.1 Å². The third-order valence-corrected chi connectivity index (χ3v) is 13.0. The summed E-state index contributed by atoms with van der Waals surface area (Å²) in [6.45, 7) is 13.5. The highest BCUT2D eigenvalue weighted by Gasteiger charge is 2.72. The topological polar surface area (TPSA) is 165 Å². The third kappa shape index (κ3) is 4.03. The third-order valence-electron chi connectivity index (χ3n) is 11.5. The molecule has 3 saturated heterocycles. The normalized spacial score (nSPS) is 33.8. The van der Waals surface area contributed by atoms with Crippen molar-refractivity contribution in [2.45, 2.75) is 81.2 Å². The zero-order chi connectivity index (χ0) is 34.9. The number of rotatable bonds is 5. The second-order valence-electron chi connectivity index (χ2n) is 14.2. The minimum atomic E-state index is -1.43. The number of aliphatic hydroxyl groups is 1. The van der Waals surface area contributed by atoms with Crippen molar-refractivity contribution in [1.82, 2.24) is 15.1 Å². The molecule has 5 N–H and O–H groups in total. The smallest absolute Gasteiger partial charge is 0.333 e. The van der Waals surface area contributed by atoms with Crippen molar-refractivity contribution in [3.05, 3.63) is 51.7 Å². The molecule has 262 valence electrons. The summed E-state index contributed by atoms with van der Waals surface area (Å²) in [5.74, 6) is 0.738. The van der Waals surface area contributed by atoms with Gasteiger partial charge in [0, 0.05) is 65.2 Å². The number of esters is 2. The Balaban J connectivity index is 1.45. The van der Waals surface area contributed by atoms with E-state index in [4.69, 9.17) is 29.4 Å². The minimum absolute atomic E-state index is 0.0461. The number of nitrogens with two attached hydrogens (primary N) is 1. The lowest BCUT2D eigenvalue weighted by molar-refractivity contribution is -0.195. The zero-order valence-electron chi connectivity index (χ0n) is 28.5. The number of piperazine rings is 1. The van der Waals surface area contributed by atoms with Crippen molar-refractivity contribution >= 4 is 23.7 Å². The van der Waals surface area contributed by atoms with Crippen molar-refractivity contribution in [3.8, 4) is 28.7 Å². The number of fused-ring (bicyclic) bond motifs is 10. The molecule has 2 aromatic carbocycles. The Morgan fingerprint density at radius 3 is 2.61 bits per heavy atom. The van der Waals surface area contributed by atoms with Gasteiger partial charge in [0.25, 0.3) is 0 Å². The zero-order valence-corrected chi connectivity index (χ0v) is 29.3. The summed E-state index contributed by atoms with van der Waals surface area (Å²) in [5.41, 5.74) is 7.48. The van der Waals surface area contributed by atoms with Crippen molar-refractivity contribution in [2.24, 2.45) is 5.73 Å². The van der Waals surface area contributed by atoms with Crippen LogP contribution < -0.4 is 30.0 Å². The molecule has 4 bridgehead atoms. The highest BCUT2D eigenvalue weighted by Crippen LogP contribution is 2.70. The van der Waals surface area contributed by atoms with E-state index in [2.05, 4.69) is 34.7 Å². The second-order valence-corrected chi connectivity index (χ2v) is 15.3. The molecule has 14 heteroatoms. The van der Waals surface area contributed by atoms with Crippen LogP contribution in [0, 0.1) is 13.8 Å². The molecule has 3 fully saturated rings. The number of aromatic hydroxyl groups is 1. The molecule has 9 rings (SSSR count). The predicted molar refractivity (Wildman–Crippen MR) is 179 cm³/mol. The molecule has 7 atom stereocenters. The molecule has 2 unspecified atom stereocenters. The Labute approximate surface area is 288 Å². The Kier molecular flexibility index (Phi) is 7.07. The number of phenols is 1. The quantitative estimate of drug-likeness (QED) is 0.267. The highest BCUT2D eigenvalue weighted by molar-refractivity contribution is 7.99. The first-order valence-corrected chi connectivity index (χ1v) is 17.6. The van der Waals surface area contributed by atoms with E-state index >= 15 is 0 Å². The molecule has 0 aliphatic carbocycles. The van der Waals surface area contributed by atoms with Crippen molar-refractivity contribution in [3.63, 3.8) is 0 Å². The van der Waals surface area contributed by atoms with E-state index in [9.17, 15) is 19.8 Å². The fraction of sp³-hybridized carbons (Fsp3) is 0.543. The summed E-state index contributed by atoms with van der Waals surface area (Å²) in [7, 11) is 1.54. The number of benzene rings is 2. The largest absolute Gasteiger partial charge is 0.504 e. The second kappa shape index (κ2) is 10.7. The number of nitrogens with one attached hydrogen (secondary N) is 1. The Morgan fingerprint density at radius 2 is 1.94 bits per heavy atom. The lowest BCUT2D eigenvalue weighted by Gasteiger charge is -2.59. The van der Waals surface area contributed by atoms with Gasteiger partial charge in [-0.2, -0.15) is 0 Å². The van der Waals surface area contributed by atoms with E-state index in [0.29, 0.717) is 52.7 Å². The molecule has 0 spiro atoms. The number of aryl methyl sites for hydroxylation is 1. The van der Waals surface area contributed by atoms with Gasteiger partial charge in [0.1, 0.15) is 18.1 Å². The monoisotopic (exact) mass is 694 g/mol. The number of hydrogen-bond donors (Lipinski definition) is 4. The van der Waals surface area contributed by atoms with E-state index in [1.54, 1.807) is 7.11 Å². The van der Waals surface area contributed by atoms with Crippen LogP contribution >= 0.6 is 11.8 Å². The number of carbonyl (C=O) groups is 2. The molecule has 13 nitrogen and oxygen atoms in total. The molecular weight excluding hydrogens is 652 g/mol. The summed E-state index contributed by atoms with van der Waals surface area (Å²) in [6.07, 6.45) is 0.325. The molecule has 7 aliphatic rings. The first kappa shape index (κ1) is 32.5. The number of phenolic OH excluding ortho intramolecular Hbond substituents is 1. The summed E-state index contributed by atoms with van der Waals surface area (Å²) < 4.78 is 30.1. The van der Waals surface area contributed by atoms with Gasteiger partial charge in [-0.25, -0.2) is 4.79 Å². The van der Waals surface area contributed by atoms with Crippen LogP contribution in [-0.4, -0.2) is 88.6 Å². The number of thioether (sulfide) groups is 1. The molecular formula is C35H42N4O9S. The maximum Gasteiger partial charge on any atom is 0.333 e. The van der Waals surface area contributed by atoms with E-state index in [1.165, 1.54) is 18.7 Å². The molecule has 7 aliphatic heterocycles. The van der Waals surface area contributed by atoms with Crippen LogP contribution in [0.1, 0.15) is 77.9 Å². The number of nitrogens with zero attached hydrogens (tertiary/aromatic N) is 2. The van der Waals surface area contributed by atoms with Gasteiger partial charge < -0.3 is 39.6 Å². The van der Waals surface area contributed by atoms with Crippen LogP contribution in [0.25, 0.3) is 0 Å². The standard InChI is InChI=1S/C35H42N4O9S/c1-8-37-35(17(4)36)13-49-31-23-22(30-29(46-14-47-30)16(3)28(23)48-18(5)40)20(10-45-32(35)42)39-25(31)24-21-19(9-15(2)27(44-7)26(21)41)33(6)11-34(39,43)12-38(24)33/h9,20,24-25,31,37,41,43H,4,8,10-14,36H2,1-3,5-7H3/t20-,24+,25+,31+,33?,34?,35+/m0/s1. The molecule has 0 amide bonds. The van der Waals surface area contributed by atoms with Gasteiger partial charge in [-0.15, -0.1) is 11.8 Å². The van der Waals surface area contributed by atoms with Gasteiger partial charge in [-0.3, -0.25) is 19.9 Å². The van der Waals surface area contributed by atoms with Crippen LogP contribution in [0.2, 0.25) is 0 Å². The Morgan fingerprint density at radius 1 is 1.20 bits per heavy atom. The number of methoxy groups -OCH3 is 1. The van der Waals surface area contributed by atoms with Crippen molar-refractivity contribution < 1.29 is 43.5 Å². The van der Waals surface area contributed by atoms with Crippen molar-refractivity contribution in [2.75, 3.05) is 39.4 Å². The van der Waals surface area contributed by atoms with Gasteiger partial charge in [0.05, 0.1) is 24.4 Å². The van der Waals surface area contributed by atoms with Gasteiger partial charge in [-0.05, 0) is 44.5 Å². The predicted octanol–water partition coefficient (Wildman–Crippen LogP) is 2.93. The summed E-state index contributed by atoms with van der Waals surface area (Å²) >= 11 is 1.44. The SMILES string of the molecule is C=C(N)[C@]1(NCC)CS[C@@H]2c3c(OC(C)=O)c(C)c4c(c3[C@H](COC1=O)N1[C@@H]2[C@H]2c3c(cc(C)c(OC)c3O)C3(C)CC1(O)CN23)OCO4. The average molecular weight is 695 g/mol. The van der Waals surface area contributed by atoms with E-state index < -0.39 is 52.1 Å². The Bertz CT molecular complexity index is 1850. The van der Waals surface area contributed by atoms with Crippen molar-refractivity contribution in [1.29, 1.82) is 0 Å².